The zero-order valence-electron chi connectivity index (χ0n) is 13.3. The van der Waals surface area contributed by atoms with E-state index in [9.17, 15) is 4.79 Å². The van der Waals surface area contributed by atoms with Crippen LogP contribution in [0.2, 0.25) is 0 Å². The number of ether oxygens (including phenoxy) is 2. The second kappa shape index (κ2) is 5.30. The summed E-state index contributed by atoms with van der Waals surface area (Å²) in [4.78, 5) is 12.1. The van der Waals surface area contributed by atoms with Gasteiger partial charge in [-0.2, -0.15) is 0 Å². The molecule has 2 aliphatic rings. The van der Waals surface area contributed by atoms with Crippen molar-refractivity contribution < 1.29 is 14.3 Å². The van der Waals surface area contributed by atoms with Crippen molar-refractivity contribution in [2.75, 3.05) is 20.8 Å². The smallest absolute Gasteiger partial charge is 0.224 e. The summed E-state index contributed by atoms with van der Waals surface area (Å²) < 4.78 is 11.2. The third-order valence-corrected chi connectivity index (χ3v) is 4.90. The molecule has 0 fully saturated rings. The molecule has 1 aliphatic heterocycles. The molecule has 4 rings (SSSR count). The van der Waals surface area contributed by atoms with Crippen LogP contribution in [-0.2, 0) is 17.6 Å². The Balaban J connectivity index is 2.02. The first-order valence-corrected chi connectivity index (χ1v) is 7.84. The molecule has 1 unspecified atom stereocenters. The number of amides is 1. The molecular weight excluding hydrogens is 290 g/mol. The van der Waals surface area contributed by atoms with Crippen molar-refractivity contribution in [1.29, 1.82) is 0 Å². The molecule has 4 heteroatoms. The van der Waals surface area contributed by atoms with Crippen LogP contribution in [0.15, 0.2) is 30.3 Å². The Labute approximate surface area is 135 Å². The third kappa shape index (κ3) is 2.09. The maximum absolute atomic E-state index is 12.1. The zero-order valence-corrected chi connectivity index (χ0v) is 13.3. The van der Waals surface area contributed by atoms with Crippen LogP contribution < -0.4 is 14.8 Å². The number of hydrogen-bond acceptors (Lipinski definition) is 3. The topological polar surface area (TPSA) is 47.6 Å². The molecule has 1 heterocycles. The van der Waals surface area contributed by atoms with Crippen LogP contribution in [0.5, 0.6) is 11.5 Å². The van der Waals surface area contributed by atoms with Crippen molar-refractivity contribution in [2.45, 2.75) is 18.8 Å². The molecule has 0 aromatic heterocycles. The van der Waals surface area contributed by atoms with E-state index in [1.54, 1.807) is 14.2 Å². The lowest BCUT2D eigenvalue weighted by molar-refractivity contribution is -0.120. The van der Waals surface area contributed by atoms with Crippen molar-refractivity contribution in [2.24, 2.45) is 0 Å². The molecule has 1 N–H and O–H groups in total. The van der Waals surface area contributed by atoms with Gasteiger partial charge in [0, 0.05) is 24.4 Å². The molecule has 2 aromatic rings. The van der Waals surface area contributed by atoms with Gasteiger partial charge in [0.2, 0.25) is 5.91 Å². The number of fused-ring (bicyclic) bond motifs is 2. The predicted molar refractivity (Wildman–Crippen MR) is 87.4 cm³/mol. The van der Waals surface area contributed by atoms with Crippen LogP contribution in [-0.4, -0.2) is 26.7 Å². The first-order valence-electron chi connectivity index (χ1n) is 7.84. The van der Waals surface area contributed by atoms with Crippen molar-refractivity contribution in [3.63, 3.8) is 0 Å². The van der Waals surface area contributed by atoms with E-state index in [0.29, 0.717) is 18.7 Å². The van der Waals surface area contributed by atoms with E-state index in [0.717, 1.165) is 23.3 Å². The van der Waals surface area contributed by atoms with E-state index in [4.69, 9.17) is 9.47 Å². The Bertz CT molecular complexity index is 797. The molecule has 0 bridgehead atoms. The van der Waals surface area contributed by atoms with Crippen LogP contribution in [0, 0.1) is 0 Å². The molecule has 1 aliphatic carbocycles. The van der Waals surface area contributed by atoms with Gasteiger partial charge >= 0.3 is 0 Å². The van der Waals surface area contributed by atoms with E-state index >= 15 is 0 Å². The molecule has 23 heavy (non-hydrogen) atoms. The van der Waals surface area contributed by atoms with E-state index in [2.05, 4.69) is 29.6 Å². The predicted octanol–water partition coefficient (Wildman–Crippen LogP) is 2.41. The lowest BCUT2D eigenvalue weighted by Gasteiger charge is -2.30. The highest BCUT2D eigenvalue weighted by Crippen LogP contribution is 2.46. The minimum Gasteiger partial charge on any atom is -0.493 e. The highest BCUT2D eigenvalue weighted by atomic mass is 16.5. The second-order valence-corrected chi connectivity index (χ2v) is 6.07. The van der Waals surface area contributed by atoms with Gasteiger partial charge < -0.3 is 14.8 Å². The Morgan fingerprint density at radius 1 is 1.09 bits per heavy atom. The molecular formula is C19H19NO3. The fourth-order valence-electron chi connectivity index (χ4n) is 3.94. The average molecular weight is 309 g/mol. The molecule has 0 saturated heterocycles. The Kier molecular flexibility index (Phi) is 3.26. The molecule has 1 atom stereocenters. The molecule has 1 amide bonds. The Morgan fingerprint density at radius 2 is 1.91 bits per heavy atom. The van der Waals surface area contributed by atoms with Crippen molar-refractivity contribution >= 4 is 5.91 Å². The minimum atomic E-state index is 0.0614. The normalized spacial score (nSPS) is 18.3. The van der Waals surface area contributed by atoms with E-state index < -0.39 is 0 Å². The van der Waals surface area contributed by atoms with Gasteiger partial charge in [0.1, 0.15) is 0 Å². The van der Waals surface area contributed by atoms with Crippen LogP contribution >= 0.6 is 0 Å². The quantitative estimate of drug-likeness (QED) is 0.927. The van der Waals surface area contributed by atoms with Crippen molar-refractivity contribution in [1.82, 2.24) is 5.32 Å². The SMILES string of the molecule is COc1cc2c3c(c1OC)Cc1ccccc1C3CNC(=O)C2. The Hall–Kier alpha value is -2.49. The van der Waals surface area contributed by atoms with Gasteiger partial charge in [0.05, 0.1) is 20.6 Å². The molecule has 0 radical (unpaired) electrons. The largest absolute Gasteiger partial charge is 0.493 e. The van der Waals surface area contributed by atoms with E-state index in [1.807, 2.05) is 6.07 Å². The van der Waals surface area contributed by atoms with Crippen LogP contribution in [0.4, 0.5) is 0 Å². The van der Waals surface area contributed by atoms with Gasteiger partial charge in [-0.1, -0.05) is 24.3 Å². The van der Waals surface area contributed by atoms with Gasteiger partial charge in [-0.15, -0.1) is 0 Å². The lowest BCUT2D eigenvalue weighted by atomic mass is 9.75. The summed E-state index contributed by atoms with van der Waals surface area (Å²) >= 11 is 0. The van der Waals surface area contributed by atoms with E-state index in [-0.39, 0.29) is 11.8 Å². The van der Waals surface area contributed by atoms with Gasteiger partial charge in [-0.3, -0.25) is 4.79 Å². The highest BCUT2D eigenvalue weighted by Gasteiger charge is 2.34. The molecule has 118 valence electrons. The highest BCUT2D eigenvalue weighted by molar-refractivity contribution is 5.81. The summed E-state index contributed by atoms with van der Waals surface area (Å²) in [6, 6.07) is 10.4. The number of benzene rings is 2. The maximum Gasteiger partial charge on any atom is 0.224 e. The minimum absolute atomic E-state index is 0.0614. The monoisotopic (exact) mass is 309 g/mol. The fraction of sp³-hybridized carbons (Fsp3) is 0.316. The Morgan fingerprint density at radius 3 is 2.70 bits per heavy atom. The standard InChI is InChI=1S/C19H19NO3/c1-22-16-8-12-9-17(21)20-10-15-13-6-4-3-5-11(13)7-14(18(12)15)19(16)23-2/h3-6,8,15H,7,9-10H2,1-2H3,(H,20,21). The number of carbonyl (C=O) groups excluding carboxylic acids is 1. The lowest BCUT2D eigenvalue weighted by Crippen LogP contribution is -2.28. The number of methoxy groups -OCH3 is 2. The first-order chi connectivity index (χ1) is 11.2. The zero-order chi connectivity index (χ0) is 16.0. The number of carbonyl (C=O) groups is 1. The van der Waals surface area contributed by atoms with Gasteiger partial charge in [0.15, 0.2) is 11.5 Å². The second-order valence-electron chi connectivity index (χ2n) is 6.07. The number of hydrogen-bond donors (Lipinski definition) is 1. The fourth-order valence-corrected chi connectivity index (χ4v) is 3.94. The number of nitrogens with one attached hydrogen (secondary N) is 1. The molecule has 0 saturated carbocycles. The summed E-state index contributed by atoms with van der Waals surface area (Å²) in [6.45, 7) is 0.630. The average Bonchev–Trinajstić information content (AvgIpc) is 2.74. The van der Waals surface area contributed by atoms with Gasteiger partial charge in [-0.05, 0) is 28.3 Å². The summed E-state index contributed by atoms with van der Waals surface area (Å²) in [5.41, 5.74) is 6.03. The van der Waals surface area contributed by atoms with Gasteiger partial charge in [-0.25, -0.2) is 0 Å². The molecule has 4 nitrogen and oxygen atoms in total. The summed E-state index contributed by atoms with van der Waals surface area (Å²) in [6.07, 6.45) is 1.20. The summed E-state index contributed by atoms with van der Waals surface area (Å²) in [7, 11) is 3.32. The summed E-state index contributed by atoms with van der Waals surface area (Å²) in [5, 5.41) is 3.05. The van der Waals surface area contributed by atoms with Crippen molar-refractivity contribution in [3.8, 4) is 11.5 Å². The van der Waals surface area contributed by atoms with Crippen LogP contribution in [0.1, 0.15) is 33.7 Å². The summed E-state index contributed by atoms with van der Waals surface area (Å²) in [5.74, 6) is 1.73. The van der Waals surface area contributed by atoms with Crippen LogP contribution in [0.25, 0.3) is 0 Å². The molecule has 2 aromatic carbocycles. The van der Waals surface area contributed by atoms with Crippen molar-refractivity contribution in [3.05, 3.63) is 58.1 Å². The third-order valence-electron chi connectivity index (χ3n) is 4.90. The van der Waals surface area contributed by atoms with E-state index in [1.165, 1.54) is 16.7 Å². The number of rotatable bonds is 2. The molecule has 0 spiro atoms. The maximum atomic E-state index is 12.1. The van der Waals surface area contributed by atoms with Gasteiger partial charge in [0.25, 0.3) is 0 Å². The first kappa shape index (κ1) is 14.1. The van der Waals surface area contributed by atoms with Crippen LogP contribution in [0.3, 0.4) is 0 Å².